The van der Waals surface area contributed by atoms with Crippen LogP contribution in [0.3, 0.4) is 0 Å². The number of carbonyl (C=O) groups excluding carboxylic acids is 8. The van der Waals surface area contributed by atoms with Crippen molar-refractivity contribution in [3.63, 3.8) is 0 Å². The fourth-order valence-electron chi connectivity index (χ4n) is 7.89. The summed E-state index contributed by atoms with van der Waals surface area (Å²) in [5.74, 6) is -9.38. The number of H-pyrrole nitrogens is 1. The number of carboxylic acid groups (broad SMARTS) is 1. The molecule has 0 aliphatic heterocycles. The number of amides is 8. The molecule has 0 aliphatic carbocycles. The number of carbonyl (C=O) groups is 9. The molecule has 0 aliphatic rings. The number of aliphatic carboxylic acids is 1. The van der Waals surface area contributed by atoms with Crippen molar-refractivity contribution in [2.45, 2.75) is 135 Å². The standard InChI is InChI=1S/C52H69N9O15S/c1-6-8-18-38(57-49(69)40(61-51(71)75-52(3,4)5)26-32-21-23-34(24-22-32)76-77(72,73)74)46(66)55-30-56-47(67)41(27-33-29-54-37-20-14-13-17-35(33)37)60-48(68)39(19-9-7-2)58-50(70)42(28-43(62)63)59-45(65)36(44(53)64)25-31-15-11-10-12-16-31/h10-17,20-24,29,36,38-42,54H,6-9,18-19,25-28,30H2,1-5H3,(H2,53,64)(H,55,66)(H,56,67)(H,57,69)(H,58,70)(H,59,65)(H,60,68)(H,61,71)(H,62,63)(H,72,73,74)/t36-,38-,39-,40-,41-,42-/m0/s1. The second-order valence-electron chi connectivity index (χ2n) is 19.2. The van der Waals surface area contributed by atoms with E-state index >= 15 is 0 Å². The zero-order valence-corrected chi connectivity index (χ0v) is 44.3. The number of alkyl carbamates (subject to hydrolysis) is 1. The Bertz CT molecular complexity index is 2800. The molecule has 1 heterocycles. The fraction of sp³-hybridized carbons (Fsp3) is 0.442. The van der Waals surface area contributed by atoms with Gasteiger partial charge in [0.25, 0.3) is 0 Å². The van der Waals surface area contributed by atoms with Gasteiger partial charge in [0.1, 0.15) is 47.5 Å². The molecule has 418 valence electrons. The summed E-state index contributed by atoms with van der Waals surface area (Å²) < 4.78 is 41.3. The van der Waals surface area contributed by atoms with Gasteiger partial charge in [0.2, 0.25) is 41.4 Å². The highest BCUT2D eigenvalue weighted by molar-refractivity contribution is 7.81. The molecule has 1 aromatic heterocycles. The van der Waals surface area contributed by atoms with Crippen molar-refractivity contribution in [3.8, 4) is 5.75 Å². The molecule has 12 N–H and O–H groups in total. The van der Waals surface area contributed by atoms with Gasteiger partial charge in [-0.05, 0) is 74.9 Å². The van der Waals surface area contributed by atoms with E-state index in [4.69, 9.17) is 15.0 Å². The van der Waals surface area contributed by atoms with Crippen molar-refractivity contribution in [1.29, 1.82) is 0 Å². The second-order valence-corrected chi connectivity index (χ2v) is 20.2. The Hall–Kier alpha value is -8.06. The maximum Gasteiger partial charge on any atom is 0.446 e. The van der Waals surface area contributed by atoms with Gasteiger partial charge < -0.3 is 62.0 Å². The van der Waals surface area contributed by atoms with E-state index in [-0.39, 0.29) is 37.9 Å². The van der Waals surface area contributed by atoms with Crippen LogP contribution in [0.15, 0.2) is 85.1 Å². The molecule has 0 saturated carbocycles. The first-order chi connectivity index (χ1) is 36.4. The van der Waals surface area contributed by atoms with Crippen LogP contribution in [0.1, 0.15) is 96.3 Å². The van der Waals surface area contributed by atoms with Crippen LogP contribution >= 0.6 is 0 Å². The van der Waals surface area contributed by atoms with E-state index < -0.39 is 119 Å². The number of aromatic amines is 1. The number of ether oxygens (including phenoxy) is 1. The molecule has 0 radical (unpaired) electrons. The van der Waals surface area contributed by atoms with Crippen LogP contribution in [-0.2, 0) is 72.8 Å². The van der Waals surface area contributed by atoms with Gasteiger partial charge in [0.15, 0.2) is 0 Å². The molecule has 24 nitrogen and oxygen atoms in total. The van der Waals surface area contributed by atoms with E-state index in [1.165, 1.54) is 24.3 Å². The topological polar surface area (TPSA) is 373 Å². The van der Waals surface area contributed by atoms with Crippen LogP contribution < -0.4 is 47.1 Å². The SMILES string of the molecule is CCCC[C@H](NC(=O)[C@H](Cc1ccc(OS(=O)(=O)O)cc1)NC(=O)OC(C)(C)C)C(=O)NCNC(=O)[C@H](Cc1c[nH]c2ccccc12)NC(=O)[C@H](CCCC)NC(=O)[C@H](CC(=O)O)NC(=O)[C@@H](Cc1ccccc1)C(N)=O. The van der Waals surface area contributed by atoms with Crippen LogP contribution in [-0.4, -0.2) is 119 Å². The number of unbranched alkanes of at least 4 members (excludes halogenated alkanes) is 2. The van der Waals surface area contributed by atoms with Crippen molar-refractivity contribution in [3.05, 3.63) is 102 Å². The number of rotatable bonds is 30. The lowest BCUT2D eigenvalue weighted by Crippen LogP contribution is -2.59. The minimum Gasteiger partial charge on any atom is -0.481 e. The van der Waals surface area contributed by atoms with Crippen molar-refractivity contribution >= 4 is 74.7 Å². The summed E-state index contributed by atoms with van der Waals surface area (Å²) in [5.41, 5.74) is 6.94. The third kappa shape index (κ3) is 21.2. The normalized spacial score (nSPS) is 13.7. The zero-order chi connectivity index (χ0) is 56.9. The number of nitrogens with two attached hydrogens (primary N) is 1. The van der Waals surface area contributed by atoms with E-state index in [9.17, 15) is 56.7 Å². The van der Waals surface area contributed by atoms with Gasteiger partial charge in [-0.3, -0.25) is 42.9 Å². The molecule has 6 atom stereocenters. The number of carboxylic acids is 1. The van der Waals surface area contributed by atoms with E-state index in [0.29, 0.717) is 42.4 Å². The summed E-state index contributed by atoms with van der Waals surface area (Å²) in [6, 6.07) is 13.9. The van der Waals surface area contributed by atoms with Crippen LogP contribution in [0.25, 0.3) is 10.9 Å². The molecule has 4 aromatic rings. The molecule has 0 saturated heterocycles. The van der Waals surface area contributed by atoms with Gasteiger partial charge in [0, 0.05) is 29.9 Å². The van der Waals surface area contributed by atoms with Gasteiger partial charge in [-0.2, -0.15) is 8.42 Å². The van der Waals surface area contributed by atoms with E-state index in [2.05, 4.69) is 46.4 Å². The number of nitrogens with one attached hydrogen (secondary N) is 8. The minimum atomic E-state index is -4.82. The first-order valence-electron chi connectivity index (χ1n) is 25.0. The Labute approximate surface area is 446 Å². The van der Waals surface area contributed by atoms with Crippen molar-refractivity contribution in [2.75, 3.05) is 6.67 Å². The van der Waals surface area contributed by atoms with Gasteiger partial charge in [-0.1, -0.05) is 100 Å². The number of para-hydroxylation sites is 1. The number of aromatic nitrogens is 1. The molecular weight excluding hydrogens is 1020 g/mol. The van der Waals surface area contributed by atoms with E-state index in [1.807, 2.05) is 19.9 Å². The first-order valence-corrected chi connectivity index (χ1v) is 26.3. The molecule has 3 aromatic carbocycles. The van der Waals surface area contributed by atoms with Crippen molar-refractivity contribution in [2.24, 2.45) is 11.7 Å². The van der Waals surface area contributed by atoms with Crippen LogP contribution in [0.4, 0.5) is 4.79 Å². The Balaban J connectivity index is 1.53. The fourth-order valence-corrected chi connectivity index (χ4v) is 8.25. The van der Waals surface area contributed by atoms with Gasteiger partial charge >= 0.3 is 22.5 Å². The number of fused-ring (bicyclic) bond motifs is 1. The molecule has 0 bridgehead atoms. The molecule has 4 rings (SSSR count). The summed E-state index contributed by atoms with van der Waals surface area (Å²) in [6.45, 7) is 8.04. The monoisotopic (exact) mass is 1090 g/mol. The van der Waals surface area contributed by atoms with Gasteiger partial charge in [-0.15, -0.1) is 0 Å². The molecule has 0 fully saturated rings. The molecule has 77 heavy (non-hydrogen) atoms. The molecule has 8 amide bonds. The predicted octanol–water partition coefficient (Wildman–Crippen LogP) is 2.36. The van der Waals surface area contributed by atoms with Crippen LogP contribution in [0.5, 0.6) is 5.75 Å². The smallest absolute Gasteiger partial charge is 0.446 e. The third-order valence-corrected chi connectivity index (χ3v) is 12.1. The lowest BCUT2D eigenvalue weighted by atomic mass is 9.97. The number of primary amides is 1. The first kappa shape index (κ1) is 61.5. The maximum absolute atomic E-state index is 14.2. The largest absolute Gasteiger partial charge is 0.481 e. The summed E-state index contributed by atoms with van der Waals surface area (Å²) in [4.78, 5) is 124. The molecule has 25 heteroatoms. The number of hydrogen-bond acceptors (Lipinski definition) is 13. The van der Waals surface area contributed by atoms with Crippen LogP contribution in [0, 0.1) is 5.92 Å². The summed E-state index contributed by atoms with van der Waals surface area (Å²) in [7, 11) is -4.82. The lowest BCUT2D eigenvalue weighted by Gasteiger charge is -2.26. The Morgan fingerprint density at radius 3 is 1.70 bits per heavy atom. The Kier molecular flexibility index (Phi) is 23.4. The van der Waals surface area contributed by atoms with Crippen molar-refractivity contribution < 1.29 is 70.1 Å². The molecular formula is C52H69N9O15S. The van der Waals surface area contributed by atoms with E-state index in [1.54, 1.807) is 75.5 Å². The summed E-state index contributed by atoms with van der Waals surface area (Å²) in [5, 5.41) is 28.4. The molecule has 0 spiro atoms. The van der Waals surface area contributed by atoms with Crippen LogP contribution in [0.2, 0.25) is 0 Å². The summed E-state index contributed by atoms with van der Waals surface area (Å²) in [6.07, 6.45) is 1.54. The van der Waals surface area contributed by atoms with E-state index in [0.717, 1.165) is 10.9 Å². The highest BCUT2D eigenvalue weighted by Gasteiger charge is 2.35. The number of hydrogen-bond donors (Lipinski definition) is 11. The average Bonchev–Trinajstić information content (AvgIpc) is 3.76. The summed E-state index contributed by atoms with van der Waals surface area (Å²) >= 11 is 0. The zero-order valence-electron chi connectivity index (χ0n) is 43.5. The quantitative estimate of drug-likeness (QED) is 0.0203. The van der Waals surface area contributed by atoms with Gasteiger partial charge in [0.05, 0.1) is 13.1 Å². The van der Waals surface area contributed by atoms with Gasteiger partial charge in [-0.25, -0.2) is 4.79 Å². The average molecular weight is 1090 g/mol. The molecule has 0 unspecified atom stereocenters. The highest BCUT2D eigenvalue weighted by atomic mass is 32.3. The van der Waals surface area contributed by atoms with Crippen molar-refractivity contribution in [1.82, 2.24) is 42.2 Å². The predicted molar refractivity (Wildman–Crippen MR) is 280 cm³/mol. The maximum atomic E-state index is 14.2. The minimum absolute atomic E-state index is 0.0223. The number of benzene rings is 3. The Morgan fingerprint density at radius 1 is 0.623 bits per heavy atom. The second kappa shape index (κ2) is 29.3. The third-order valence-electron chi connectivity index (χ3n) is 11.7. The Morgan fingerprint density at radius 2 is 1.13 bits per heavy atom. The highest BCUT2D eigenvalue weighted by Crippen LogP contribution is 2.20. The lowest BCUT2D eigenvalue weighted by molar-refractivity contribution is -0.142.